The summed E-state index contributed by atoms with van der Waals surface area (Å²) >= 11 is 1.66. The van der Waals surface area contributed by atoms with Crippen LogP contribution in [0.15, 0.2) is 59.8 Å². The minimum absolute atomic E-state index is 0.0644. The summed E-state index contributed by atoms with van der Waals surface area (Å²) in [6, 6.07) is 18.8. The number of rotatable bonds is 5. The third-order valence-electron chi connectivity index (χ3n) is 5.26. The van der Waals surface area contributed by atoms with Gasteiger partial charge in [0.15, 0.2) is 15.0 Å². The lowest BCUT2D eigenvalue weighted by atomic mass is 10.0. The third-order valence-corrected chi connectivity index (χ3v) is 8.36. The second-order valence-electron chi connectivity index (χ2n) is 7.26. The van der Waals surface area contributed by atoms with Crippen LogP contribution in [0.4, 0.5) is 0 Å². The van der Waals surface area contributed by atoms with Crippen LogP contribution >= 0.6 is 11.8 Å². The van der Waals surface area contributed by atoms with Crippen LogP contribution in [0.2, 0.25) is 0 Å². The van der Waals surface area contributed by atoms with Gasteiger partial charge in [0, 0.05) is 13.0 Å². The number of hydrogen-bond acceptors (Lipinski definition) is 5. The Kier molecular flexibility index (Phi) is 5.29. The van der Waals surface area contributed by atoms with E-state index in [1.165, 1.54) is 16.7 Å². The summed E-state index contributed by atoms with van der Waals surface area (Å²) in [7, 11) is -1.02. The second-order valence-corrected chi connectivity index (χ2v) is 10.6. The molecule has 1 aliphatic heterocycles. The summed E-state index contributed by atoms with van der Waals surface area (Å²) in [6.07, 6.45) is 0.624. The van der Waals surface area contributed by atoms with Crippen molar-refractivity contribution in [3.63, 3.8) is 0 Å². The van der Waals surface area contributed by atoms with Gasteiger partial charge in [0.25, 0.3) is 0 Å². The molecule has 0 radical (unpaired) electrons. The van der Waals surface area contributed by atoms with Crippen LogP contribution in [-0.2, 0) is 16.9 Å². The van der Waals surface area contributed by atoms with E-state index in [2.05, 4.69) is 47.5 Å². The van der Waals surface area contributed by atoms with Crippen LogP contribution < -0.4 is 0 Å². The molecule has 1 aliphatic rings. The number of aromatic nitrogens is 3. The highest BCUT2D eigenvalue weighted by atomic mass is 32.2. The molecule has 7 heteroatoms. The van der Waals surface area contributed by atoms with Crippen molar-refractivity contribution in [1.82, 2.24) is 14.8 Å². The minimum Gasteiger partial charge on any atom is -0.309 e. The number of aryl methyl sites for hydroxylation is 1. The van der Waals surface area contributed by atoms with Gasteiger partial charge in [-0.3, -0.25) is 0 Å². The van der Waals surface area contributed by atoms with Crippen molar-refractivity contribution in [2.45, 2.75) is 29.7 Å². The standard InChI is InChI=1S/C21H23N3O2S2/c1-15-8-6-7-11-18(15)19(16-9-4-3-5-10-16)27-21-23-22-20(24(21)2)17-12-13-28(25,26)14-17/h3-11,17,19H,12-14H2,1-2H3/t17-,19-/m1/s1. The minimum atomic E-state index is -2.95. The summed E-state index contributed by atoms with van der Waals surface area (Å²) in [5.41, 5.74) is 3.68. The lowest BCUT2D eigenvalue weighted by molar-refractivity contribution is 0.599. The van der Waals surface area contributed by atoms with Crippen LogP contribution in [0.3, 0.4) is 0 Å². The van der Waals surface area contributed by atoms with Gasteiger partial charge in [0.1, 0.15) is 5.82 Å². The van der Waals surface area contributed by atoms with E-state index in [9.17, 15) is 8.42 Å². The molecule has 3 aromatic rings. The molecule has 0 unspecified atom stereocenters. The molecule has 1 fully saturated rings. The van der Waals surface area contributed by atoms with E-state index in [4.69, 9.17) is 0 Å². The molecule has 0 N–H and O–H groups in total. The first kappa shape index (κ1) is 19.2. The molecule has 2 aromatic carbocycles. The number of sulfone groups is 1. The van der Waals surface area contributed by atoms with Gasteiger partial charge in [-0.1, -0.05) is 66.4 Å². The number of thioether (sulfide) groups is 1. The quantitative estimate of drug-likeness (QED) is 0.594. The second kappa shape index (κ2) is 7.72. The summed E-state index contributed by atoms with van der Waals surface area (Å²) < 4.78 is 25.7. The van der Waals surface area contributed by atoms with Gasteiger partial charge in [-0.2, -0.15) is 0 Å². The van der Waals surface area contributed by atoms with Crippen LogP contribution in [0.1, 0.15) is 40.1 Å². The van der Waals surface area contributed by atoms with Crippen molar-refractivity contribution < 1.29 is 8.42 Å². The zero-order valence-corrected chi connectivity index (χ0v) is 17.6. The molecule has 0 saturated carbocycles. The molecule has 28 heavy (non-hydrogen) atoms. The van der Waals surface area contributed by atoms with Crippen molar-refractivity contribution in [3.05, 3.63) is 77.1 Å². The Bertz CT molecular complexity index is 1080. The number of benzene rings is 2. The molecule has 2 heterocycles. The summed E-state index contributed by atoms with van der Waals surface area (Å²) in [5.74, 6) is 1.11. The fraction of sp³-hybridized carbons (Fsp3) is 0.333. The zero-order chi connectivity index (χ0) is 19.7. The first-order valence-electron chi connectivity index (χ1n) is 9.31. The molecule has 5 nitrogen and oxygen atoms in total. The predicted molar refractivity (Wildman–Crippen MR) is 112 cm³/mol. The summed E-state index contributed by atoms with van der Waals surface area (Å²) in [5, 5.41) is 9.65. The molecular weight excluding hydrogens is 390 g/mol. The lowest BCUT2D eigenvalue weighted by Gasteiger charge is -2.19. The SMILES string of the molecule is Cc1ccccc1[C@H](Sc1nnc([C@@H]2CCS(=O)(=O)C2)n1C)c1ccccc1. The average Bonchev–Trinajstić information content (AvgIpc) is 3.23. The van der Waals surface area contributed by atoms with Gasteiger partial charge < -0.3 is 4.57 Å². The van der Waals surface area contributed by atoms with Gasteiger partial charge >= 0.3 is 0 Å². The Hall–Kier alpha value is -2.12. The Balaban J connectivity index is 1.68. The maximum absolute atomic E-state index is 11.9. The maximum atomic E-state index is 11.9. The highest BCUT2D eigenvalue weighted by molar-refractivity contribution is 7.99. The van der Waals surface area contributed by atoms with Crippen molar-refractivity contribution in [1.29, 1.82) is 0 Å². The maximum Gasteiger partial charge on any atom is 0.191 e. The fourth-order valence-corrected chi connectivity index (χ4v) is 6.68. The van der Waals surface area contributed by atoms with Crippen LogP contribution in [0, 0.1) is 6.92 Å². The Morgan fingerprint density at radius 1 is 1.07 bits per heavy atom. The highest BCUT2D eigenvalue weighted by Crippen LogP contribution is 2.41. The van der Waals surface area contributed by atoms with Gasteiger partial charge in [-0.15, -0.1) is 10.2 Å². The molecule has 2 atom stereocenters. The van der Waals surface area contributed by atoms with Gasteiger partial charge in [0.05, 0.1) is 16.8 Å². The van der Waals surface area contributed by atoms with Crippen LogP contribution in [0.5, 0.6) is 0 Å². The largest absolute Gasteiger partial charge is 0.309 e. The smallest absolute Gasteiger partial charge is 0.191 e. The molecule has 0 aliphatic carbocycles. The molecule has 146 valence electrons. The molecule has 4 rings (SSSR count). The van der Waals surface area contributed by atoms with Gasteiger partial charge in [-0.05, 0) is 30.0 Å². The topological polar surface area (TPSA) is 64.8 Å². The van der Waals surface area contributed by atoms with Gasteiger partial charge in [0.2, 0.25) is 0 Å². The molecular formula is C21H23N3O2S2. The normalized spacial score (nSPS) is 19.6. The van der Waals surface area contributed by atoms with E-state index in [1.807, 2.05) is 35.9 Å². The first-order valence-corrected chi connectivity index (χ1v) is 12.0. The summed E-state index contributed by atoms with van der Waals surface area (Å²) in [4.78, 5) is 0. The number of nitrogens with zero attached hydrogens (tertiary/aromatic N) is 3. The molecule has 1 aromatic heterocycles. The molecule has 0 amide bonds. The Morgan fingerprint density at radius 2 is 1.79 bits per heavy atom. The van der Waals surface area contributed by atoms with Crippen molar-refractivity contribution in [2.75, 3.05) is 11.5 Å². The Labute approximate surface area is 170 Å². The van der Waals surface area contributed by atoms with E-state index in [0.717, 1.165) is 11.0 Å². The molecule has 1 saturated heterocycles. The Morgan fingerprint density at radius 3 is 2.46 bits per heavy atom. The van der Waals surface area contributed by atoms with E-state index in [1.54, 1.807) is 11.8 Å². The van der Waals surface area contributed by atoms with E-state index in [-0.39, 0.29) is 22.7 Å². The van der Waals surface area contributed by atoms with E-state index < -0.39 is 9.84 Å². The van der Waals surface area contributed by atoms with Crippen LogP contribution in [0.25, 0.3) is 0 Å². The van der Waals surface area contributed by atoms with Crippen molar-refractivity contribution in [3.8, 4) is 0 Å². The average molecular weight is 414 g/mol. The lowest BCUT2D eigenvalue weighted by Crippen LogP contribution is -2.09. The predicted octanol–water partition coefficient (Wildman–Crippen LogP) is 3.91. The van der Waals surface area contributed by atoms with Crippen LogP contribution in [-0.4, -0.2) is 34.7 Å². The summed E-state index contributed by atoms with van der Waals surface area (Å²) in [6.45, 7) is 2.12. The van der Waals surface area contributed by atoms with E-state index in [0.29, 0.717) is 6.42 Å². The number of hydrogen-bond donors (Lipinski definition) is 0. The van der Waals surface area contributed by atoms with Crippen molar-refractivity contribution in [2.24, 2.45) is 7.05 Å². The fourth-order valence-electron chi connectivity index (χ4n) is 3.71. The molecule has 0 bridgehead atoms. The van der Waals surface area contributed by atoms with E-state index >= 15 is 0 Å². The monoisotopic (exact) mass is 413 g/mol. The highest BCUT2D eigenvalue weighted by Gasteiger charge is 2.33. The first-order chi connectivity index (χ1) is 13.4. The zero-order valence-electron chi connectivity index (χ0n) is 15.9. The molecule has 0 spiro atoms. The van der Waals surface area contributed by atoms with Crippen molar-refractivity contribution >= 4 is 21.6 Å². The van der Waals surface area contributed by atoms with Gasteiger partial charge in [-0.25, -0.2) is 8.42 Å². The third kappa shape index (κ3) is 3.86.